The average molecular weight is 259 g/mol. The van der Waals surface area contributed by atoms with Gasteiger partial charge in [0.1, 0.15) is 0 Å². The Bertz CT molecular complexity index is 506. The molecule has 2 rings (SSSR count). The largest absolute Gasteiger partial charge is 0.304 e. The van der Waals surface area contributed by atoms with Gasteiger partial charge in [-0.2, -0.15) is 5.10 Å². The summed E-state index contributed by atoms with van der Waals surface area (Å²) in [7, 11) is 1.98. The topological polar surface area (TPSA) is 55.6 Å². The van der Waals surface area contributed by atoms with Gasteiger partial charge >= 0.3 is 0 Å². The Kier molecular flexibility index (Phi) is 4.63. The van der Waals surface area contributed by atoms with Crippen LogP contribution in [-0.2, 0) is 13.5 Å². The van der Waals surface area contributed by atoms with Gasteiger partial charge in [-0.15, -0.1) is 0 Å². The molecule has 2 aromatic heterocycles. The Labute approximate surface area is 114 Å². The highest BCUT2D eigenvalue weighted by Crippen LogP contribution is 2.20. The first kappa shape index (κ1) is 13.7. The first-order chi connectivity index (χ1) is 9.26. The summed E-state index contributed by atoms with van der Waals surface area (Å²) in [6, 6.07) is 2.19. The molecule has 2 heterocycles. The van der Waals surface area contributed by atoms with Crippen molar-refractivity contribution in [2.45, 2.75) is 32.7 Å². The van der Waals surface area contributed by atoms with Gasteiger partial charge in [-0.05, 0) is 25.5 Å². The zero-order valence-corrected chi connectivity index (χ0v) is 11.8. The molecule has 0 aliphatic carbocycles. The van der Waals surface area contributed by atoms with Gasteiger partial charge in [0.05, 0.1) is 29.3 Å². The van der Waals surface area contributed by atoms with Gasteiger partial charge in [0.15, 0.2) is 0 Å². The molecule has 2 aromatic rings. The monoisotopic (exact) mass is 259 g/mol. The van der Waals surface area contributed by atoms with Crippen molar-refractivity contribution >= 4 is 0 Å². The second-order valence-corrected chi connectivity index (χ2v) is 4.56. The maximum atomic E-state index is 4.51. The second kappa shape index (κ2) is 6.43. The van der Waals surface area contributed by atoms with Gasteiger partial charge < -0.3 is 5.32 Å². The van der Waals surface area contributed by atoms with E-state index in [1.165, 1.54) is 0 Å². The molecule has 1 atom stereocenters. The van der Waals surface area contributed by atoms with E-state index in [0.29, 0.717) is 0 Å². The van der Waals surface area contributed by atoms with Gasteiger partial charge in [0.25, 0.3) is 0 Å². The SMILES string of the molecule is CCCNC(c1cnccn1)c1cc(CC)nn1C. The van der Waals surface area contributed by atoms with E-state index in [1.54, 1.807) is 12.4 Å². The van der Waals surface area contributed by atoms with Gasteiger partial charge in [0.2, 0.25) is 0 Å². The van der Waals surface area contributed by atoms with E-state index in [0.717, 1.165) is 36.5 Å². The number of aryl methyl sites for hydroxylation is 2. The molecule has 0 saturated carbocycles. The van der Waals surface area contributed by atoms with Gasteiger partial charge in [-0.25, -0.2) is 0 Å². The van der Waals surface area contributed by atoms with E-state index in [-0.39, 0.29) is 6.04 Å². The van der Waals surface area contributed by atoms with Crippen LogP contribution in [0.5, 0.6) is 0 Å². The summed E-state index contributed by atoms with van der Waals surface area (Å²) in [5.41, 5.74) is 3.16. The van der Waals surface area contributed by atoms with E-state index >= 15 is 0 Å². The Hall–Kier alpha value is -1.75. The molecular weight excluding hydrogens is 238 g/mol. The quantitative estimate of drug-likeness (QED) is 0.860. The lowest BCUT2D eigenvalue weighted by Gasteiger charge is -2.17. The van der Waals surface area contributed by atoms with Crippen LogP contribution in [0.1, 0.15) is 43.4 Å². The summed E-state index contributed by atoms with van der Waals surface area (Å²) in [4.78, 5) is 8.58. The number of rotatable bonds is 6. The first-order valence-corrected chi connectivity index (χ1v) is 6.78. The molecule has 5 nitrogen and oxygen atoms in total. The van der Waals surface area contributed by atoms with Crippen LogP contribution in [0, 0.1) is 0 Å². The molecule has 0 spiro atoms. The summed E-state index contributed by atoms with van der Waals surface area (Å²) in [5, 5.41) is 8.03. The minimum Gasteiger partial charge on any atom is -0.304 e. The molecule has 0 aliphatic rings. The van der Waals surface area contributed by atoms with Crippen LogP contribution in [0.3, 0.4) is 0 Å². The lowest BCUT2D eigenvalue weighted by Crippen LogP contribution is -2.26. The molecule has 102 valence electrons. The van der Waals surface area contributed by atoms with Gasteiger partial charge in [-0.1, -0.05) is 13.8 Å². The molecule has 0 aliphatic heterocycles. The highest BCUT2D eigenvalue weighted by Gasteiger charge is 2.19. The van der Waals surface area contributed by atoms with Crippen molar-refractivity contribution in [3.63, 3.8) is 0 Å². The Balaban J connectivity index is 2.34. The second-order valence-electron chi connectivity index (χ2n) is 4.56. The molecule has 1 unspecified atom stereocenters. The fraction of sp³-hybridized carbons (Fsp3) is 0.500. The van der Waals surface area contributed by atoms with E-state index in [9.17, 15) is 0 Å². The van der Waals surface area contributed by atoms with Crippen molar-refractivity contribution in [1.82, 2.24) is 25.1 Å². The molecule has 5 heteroatoms. The van der Waals surface area contributed by atoms with Gasteiger partial charge in [-0.3, -0.25) is 14.6 Å². The molecule has 0 bridgehead atoms. The van der Waals surface area contributed by atoms with E-state index in [4.69, 9.17) is 0 Å². The van der Waals surface area contributed by atoms with Crippen LogP contribution in [0.15, 0.2) is 24.7 Å². The van der Waals surface area contributed by atoms with E-state index < -0.39 is 0 Å². The standard InChI is InChI=1S/C14H21N5/c1-4-6-17-14(12-10-15-7-8-16-12)13-9-11(5-2)18-19(13)3/h7-10,14,17H,4-6H2,1-3H3. The average Bonchev–Trinajstić information content (AvgIpc) is 2.82. The van der Waals surface area contributed by atoms with Crippen molar-refractivity contribution in [1.29, 1.82) is 0 Å². The van der Waals surface area contributed by atoms with Crippen LogP contribution in [0.2, 0.25) is 0 Å². The first-order valence-electron chi connectivity index (χ1n) is 6.78. The van der Waals surface area contributed by atoms with Crippen LogP contribution in [-0.4, -0.2) is 26.3 Å². The predicted molar refractivity (Wildman–Crippen MR) is 74.8 cm³/mol. The zero-order chi connectivity index (χ0) is 13.7. The summed E-state index contributed by atoms with van der Waals surface area (Å²) < 4.78 is 1.93. The van der Waals surface area contributed by atoms with Crippen molar-refractivity contribution in [2.75, 3.05) is 6.54 Å². The number of aromatic nitrogens is 4. The fourth-order valence-corrected chi connectivity index (χ4v) is 2.10. The Morgan fingerprint density at radius 2 is 2.16 bits per heavy atom. The van der Waals surface area contributed by atoms with E-state index in [1.807, 2.05) is 17.9 Å². The lowest BCUT2D eigenvalue weighted by atomic mass is 10.1. The van der Waals surface area contributed by atoms with Gasteiger partial charge in [0, 0.05) is 19.4 Å². The third-order valence-electron chi connectivity index (χ3n) is 3.10. The van der Waals surface area contributed by atoms with Crippen molar-refractivity contribution in [3.05, 3.63) is 41.7 Å². The molecule has 0 radical (unpaired) electrons. The molecule has 0 aromatic carbocycles. The fourth-order valence-electron chi connectivity index (χ4n) is 2.10. The number of hydrogen-bond donors (Lipinski definition) is 1. The summed E-state index contributed by atoms with van der Waals surface area (Å²) in [6.07, 6.45) is 7.25. The summed E-state index contributed by atoms with van der Waals surface area (Å²) in [5.74, 6) is 0. The normalized spacial score (nSPS) is 12.6. The molecule has 0 fully saturated rings. The molecular formula is C14H21N5. The summed E-state index contributed by atoms with van der Waals surface area (Å²) in [6.45, 7) is 5.21. The highest BCUT2D eigenvalue weighted by molar-refractivity contribution is 5.22. The maximum Gasteiger partial charge on any atom is 0.0937 e. The minimum absolute atomic E-state index is 0.0476. The maximum absolute atomic E-state index is 4.51. The van der Waals surface area contributed by atoms with E-state index in [2.05, 4.69) is 40.3 Å². The smallest absolute Gasteiger partial charge is 0.0937 e. The lowest BCUT2D eigenvalue weighted by molar-refractivity contribution is 0.541. The summed E-state index contributed by atoms with van der Waals surface area (Å²) >= 11 is 0. The van der Waals surface area contributed by atoms with Crippen molar-refractivity contribution in [2.24, 2.45) is 7.05 Å². The Morgan fingerprint density at radius 3 is 2.74 bits per heavy atom. The Morgan fingerprint density at radius 1 is 1.32 bits per heavy atom. The van der Waals surface area contributed by atoms with Crippen LogP contribution < -0.4 is 5.32 Å². The third-order valence-corrected chi connectivity index (χ3v) is 3.10. The predicted octanol–water partition coefficient (Wildman–Crippen LogP) is 1.86. The van der Waals surface area contributed by atoms with Crippen LogP contribution >= 0.6 is 0 Å². The highest BCUT2D eigenvalue weighted by atomic mass is 15.3. The number of nitrogens with zero attached hydrogens (tertiary/aromatic N) is 4. The molecule has 0 saturated heterocycles. The van der Waals surface area contributed by atoms with Crippen LogP contribution in [0.4, 0.5) is 0 Å². The third kappa shape index (κ3) is 3.17. The minimum atomic E-state index is 0.0476. The van der Waals surface area contributed by atoms with Crippen molar-refractivity contribution < 1.29 is 0 Å². The molecule has 0 amide bonds. The number of nitrogens with one attached hydrogen (secondary N) is 1. The molecule has 19 heavy (non-hydrogen) atoms. The van der Waals surface area contributed by atoms with Crippen molar-refractivity contribution in [3.8, 4) is 0 Å². The molecule has 1 N–H and O–H groups in total. The van der Waals surface area contributed by atoms with Crippen LogP contribution in [0.25, 0.3) is 0 Å². The number of hydrogen-bond acceptors (Lipinski definition) is 4. The zero-order valence-electron chi connectivity index (χ0n) is 11.8.